The molecule has 1 atom stereocenters. The standard InChI is InChI=1S/C10H15NS.C2H6/c1-8(11)6-7-9-4-2-3-5-10(9)12;1-2/h2-5,8,12H,6-7,11H2,1H3;1-2H3. The Kier molecular flexibility index (Phi) is 7.63. The Morgan fingerprint density at radius 2 is 1.86 bits per heavy atom. The minimum atomic E-state index is 0.276. The van der Waals surface area contributed by atoms with Gasteiger partial charge in [0.2, 0.25) is 0 Å². The van der Waals surface area contributed by atoms with Crippen LogP contribution in [0.1, 0.15) is 32.8 Å². The fraction of sp³-hybridized carbons (Fsp3) is 0.500. The van der Waals surface area contributed by atoms with Crippen LogP contribution in [-0.4, -0.2) is 6.04 Å². The summed E-state index contributed by atoms with van der Waals surface area (Å²) in [6.45, 7) is 6.03. The molecular weight excluding hydrogens is 190 g/mol. The third-order valence-corrected chi connectivity index (χ3v) is 2.30. The molecule has 2 heteroatoms. The van der Waals surface area contributed by atoms with Crippen molar-refractivity contribution < 1.29 is 0 Å². The summed E-state index contributed by atoms with van der Waals surface area (Å²) in [5.74, 6) is 0. The lowest BCUT2D eigenvalue weighted by Crippen LogP contribution is -2.15. The molecule has 80 valence electrons. The van der Waals surface area contributed by atoms with Gasteiger partial charge in [0, 0.05) is 10.9 Å². The molecule has 0 amide bonds. The van der Waals surface area contributed by atoms with E-state index in [2.05, 4.69) is 18.7 Å². The molecule has 0 aromatic heterocycles. The van der Waals surface area contributed by atoms with E-state index in [1.54, 1.807) is 0 Å². The van der Waals surface area contributed by atoms with Crippen molar-refractivity contribution >= 4 is 12.6 Å². The van der Waals surface area contributed by atoms with E-state index in [1.165, 1.54) is 5.56 Å². The molecule has 1 nitrogen and oxygen atoms in total. The fourth-order valence-corrected chi connectivity index (χ4v) is 1.38. The molecule has 0 aliphatic carbocycles. The predicted molar refractivity (Wildman–Crippen MR) is 67.0 cm³/mol. The van der Waals surface area contributed by atoms with Crippen LogP contribution in [0.15, 0.2) is 29.2 Å². The number of benzene rings is 1. The first-order valence-electron chi connectivity index (χ1n) is 5.22. The smallest absolute Gasteiger partial charge is 0.00720 e. The van der Waals surface area contributed by atoms with Crippen molar-refractivity contribution in [1.29, 1.82) is 0 Å². The van der Waals surface area contributed by atoms with E-state index in [1.807, 2.05) is 39.0 Å². The van der Waals surface area contributed by atoms with Crippen molar-refractivity contribution in [2.75, 3.05) is 0 Å². The summed E-state index contributed by atoms with van der Waals surface area (Å²) in [6.07, 6.45) is 2.05. The van der Waals surface area contributed by atoms with Gasteiger partial charge < -0.3 is 5.73 Å². The number of rotatable bonds is 3. The number of nitrogens with two attached hydrogens (primary N) is 1. The Balaban J connectivity index is 0.000000791. The third kappa shape index (κ3) is 5.30. The lowest BCUT2D eigenvalue weighted by Gasteiger charge is -2.06. The molecule has 0 heterocycles. The predicted octanol–water partition coefficient (Wildman–Crippen LogP) is 3.28. The van der Waals surface area contributed by atoms with E-state index in [0.717, 1.165) is 17.7 Å². The Labute approximate surface area is 93.1 Å². The maximum absolute atomic E-state index is 5.67. The van der Waals surface area contributed by atoms with Crippen LogP contribution in [0.2, 0.25) is 0 Å². The molecule has 0 radical (unpaired) electrons. The Morgan fingerprint density at radius 3 is 2.36 bits per heavy atom. The van der Waals surface area contributed by atoms with Crippen molar-refractivity contribution in [1.82, 2.24) is 0 Å². The summed E-state index contributed by atoms with van der Waals surface area (Å²) in [5, 5.41) is 0. The van der Waals surface area contributed by atoms with Crippen LogP contribution in [0.5, 0.6) is 0 Å². The molecule has 0 saturated carbocycles. The zero-order valence-electron chi connectivity index (χ0n) is 9.33. The molecule has 1 aromatic rings. The number of hydrogen-bond acceptors (Lipinski definition) is 2. The number of aryl methyl sites for hydroxylation is 1. The minimum Gasteiger partial charge on any atom is -0.328 e. The quantitative estimate of drug-likeness (QED) is 0.737. The fourth-order valence-electron chi connectivity index (χ4n) is 1.11. The van der Waals surface area contributed by atoms with Gasteiger partial charge in [-0.2, -0.15) is 0 Å². The summed E-state index contributed by atoms with van der Waals surface area (Å²) in [6, 6.07) is 8.43. The van der Waals surface area contributed by atoms with Crippen LogP contribution in [-0.2, 0) is 6.42 Å². The van der Waals surface area contributed by atoms with Crippen LogP contribution in [0.3, 0.4) is 0 Å². The molecule has 1 unspecified atom stereocenters. The lowest BCUT2D eigenvalue weighted by molar-refractivity contribution is 0.662. The summed E-state index contributed by atoms with van der Waals surface area (Å²) >= 11 is 4.36. The summed E-state index contributed by atoms with van der Waals surface area (Å²) in [7, 11) is 0. The molecule has 14 heavy (non-hydrogen) atoms. The van der Waals surface area contributed by atoms with Crippen LogP contribution in [0, 0.1) is 0 Å². The highest BCUT2D eigenvalue weighted by molar-refractivity contribution is 7.80. The van der Waals surface area contributed by atoms with E-state index in [0.29, 0.717) is 0 Å². The molecule has 0 fully saturated rings. The van der Waals surface area contributed by atoms with Gasteiger partial charge in [0.15, 0.2) is 0 Å². The second kappa shape index (κ2) is 7.89. The first-order valence-corrected chi connectivity index (χ1v) is 5.67. The van der Waals surface area contributed by atoms with Gasteiger partial charge >= 0.3 is 0 Å². The monoisotopic (exact) mass is 211 g/mol. The molecule has 2 N–H and O–H groups in total. The average Bonchev–Trinajstić information content (AvgIpc) is 2.19. The number of hydrogen-bond donors (Lipinski definition) is 2. The topological polar surface area (TPSA) is 26.0 Å². The maximum atomic E-state index is 5.67. The summed E-state index contributed by atoms with van der Waals surface area (Å²) in [4.78, 5) is 1.07. The van der Waals surface area contributed by atoms with Crippen LogP contribution in [0.25, 0.3) is 0 Å². The van der Waals surface area contributed by atoms with Crippen molar-refractivity contribution in [3.63, 3.8) is 0 Å². The molecular formula is C12H21NS. The van der Waals surface area contributed by atoms with Crippen molar-refractivity contribution in [2.24, 2.45) is 5.73 Å². The number of thiol groups is 1. The normalized spacial score (nSPS) is 11.5. The lowest BCUT2D eigenvalue weighted by atomic mass is 10.1. The Hall–Kier alpha value is -0.470. The molecule has 1 rings (SSSR count). The first kappa shape index (κ1) is 13.5. The van der Waals surface area contributed by atoms with E-state index < -0.39 is 0 Å². The van der Waals surface area contributed by atoms with Crippen molar-refractivity contribution in [3.8, 4) is 0 Å². The van der Waals surface area contributed by atoms with E-state index in [4.69, 9.17) is 5.73 Å². The van der Waals surface area contributed by atoms with Gasteiger partial charge in [-0.3, -0.25) is 0 Å². The van der Waals surface area contributed by atoms with Crippen molar-refractivity contribution in [3.05, 3.63) is 29.8 Å². The largest absolute Gasteiger partial charge is 0.328 e. The Bertz CT molecular complexity index is 246. The second-order valence-corrected chi connectivity index (χ2v) is 3.63. The highest BCUT2D eigenvalue weighted by Gasteiger charge is 1.99. The minimum absolute atomic E-state index is 0.276. The molecule has 0 spiro atoms. The van der Waals surface area contributed by atoms with Gasteiger partial charge in [-0.1, -0.05) is 32.0 Å². The highest BCUT2D eigenvalue weighted by Crippen LogP contribution is 2.14. The van der Waals surface area contributed by atoms with Crippen LogP contribution in [0.4, 0.5) is 0 Å². The van der Waals surface area contributed by atoms with Gasteiger partial charge in [-0.25, -0.2) is 0 Å². The summed E-state index contributed by atoms with van der Waals surface area (Å²) in [5.41, 5.74) is 6.96. The van der Waals surface area contributed by atoms with E-state index in [9.17, 15) is 0 Å². The molecule has 0 saturated heterocycles. The second-order valence-electron chi connectivity index (χ2n) is 3.14. The van der Waals surface area contributed by atoms with Crippen LogP contribution < -0.4 is 5.73 Å². The maximum Gasteiger partial charge on any atom is 0.00720 e. The van der Waals surface area contributed by atoms with Crippen LogP contribution >= 0.6 is 12.6 Å². The van der Waals surface area contributed by atoms with Gasteiger partial charge in [-0.05, 0) is 31.4 Å². The Morgan fingerprint density at radius 1 is 1.29 bits per heavy atom. The molecule has 0 bridgehead atoms. The summed E-state index contributed by atoms with van der Waals surface area (Å²) < 4.78 is 0. The molecule has 0 aliphatic heterocycles. The first-order chi connectivity index (χ1) is 6.70. The van der Waals surface area contributed by atoms with Gasteiger partial charge in [-0.15, -0.1) is 12.6 Å². The highest BCUT2D eigenvalue weighted by atomic mass is 32.1. The van der Waals surface area contributed by atoms with Gasteiger partial charge in [0.25, 0.3) is 0 Å². The van der Waals surface area contributed by atoms with Gasteiger partial charge in [0.05, 0.1) is 0 Å². The zero-order chi connectivity index (χ0) is 11.0. The molecule has 1 aromatic carbocycles. The average molecular weight is 211 g/mol. The van der Waals surface area contributed by atoms with Crippen molar-refractivity contribution in [2.45, 2.75) is 44.6 Å². The van der Waals surface area contributed by atoms with E-state index >= 15 is 0 Å². The van der Waals surface area contributed by atoms with E-state index in [-0.39, 0.29) is 6.04 Å². The molecule has 0 aliphatic rings. The SMILES string of the molecule is CC.CC(N)CCc1ccccc1S. The zero-order valence-corrected chi connectivity index (χ0v) is 10.2. The van der Waals surface area contributed by atoms with Gasteiger partial charge in [0.1, 0.15) is 0 Å². The third-order valence-electron chi connectivity index (χ3n) is 1.86.